The molecule has 0 amide bonds. The molecule has 2 nitrogen and oxygen atoms in total. The van der Waals surface area contributed by atoms with Crippen molar-refractivity contribution in [3.8, 4) is 0 Å². The average Bonchev–Trinajstić information content (AvgIpc) is 2.52. The minimum Gasteiger partial charge on any atom is -0.370 e. The Kier molecular flexibility index (Phi) is 5.24. The van der Waals surface area contributed by atoms with Crippen LogP contribution in [0.2, 0.25) is 4.34 Å². The molecular formula is C10H13ClF3NOS. The second-order valence-corrected chi connectivity index (χ2v) is 5.26. The van der Waals surface area contributed by atoms with Gasteiger partial charge in [0.25, 0.3) is 0 Å². The molecule has 98 valence electrons. The number of ether oxygens (including phenoxy) is 1. The van der Waals surface area contributed by atoms with Gasteiger partial charge < -0.3 is 10.1 Å². The Balaban J connectivity index is 2.54. The standard InChI is InChI=1S/C10H13ClF3NOS/c1-6-3-8(17-9(6)11)7(15-2)4-16-5-10(12,13)14/h3,7,15H,4-5H2,1-2H3. The molecule has 0 saturated carbocycles. The zero-order valence-corrected chi connectivity index (χ0v) is 11.0. The molecule has 1 atom stereocenters. The minimum atomic E-state index is -4.29. The number of rotatable bonds is 5. The number of thiophene rings is 1. The highest BCUT2D eigenvalue weighted by Crippen LogP contribution is 2.31. The van der Waals surface area contributed by atoms with Crippen LogP contribution in [0.5, 0.6) is 0 Å². The van der Waals surface area contributed by atoms with Crippen molar-refractivity contribution in [1.29, 1.82) is 0 Å². The third kappa shape index (κ3) is 4.83. The third-order valence-electron chi connectivity index (χ3n) is 2.12. The Morgan fingerprint density at radius 3 is 2.59 bits per heavy atom. The van der Waals surface area contributed by atoms with E-state index in [4.69, 9.17) is 11.6 Å². The number of alkyl halides is 3. The fourth-order valence-electron chi connectivity index (χ4n) is 1.26. The van der Waals surface area contributed by atoms with Crippen molar-refractivity contribution >= 4 is 22.9 Å². The Morgan fingerprint density at radius 1 is 1.53 bits per heavy atom. The van der Waals surface area contributed by atoms with E-state index in [1.807, 2.05) is 13.0 Å². The summed E-state index contributed by atoms with van der Waals surface area (Å²) < 4.78 is 41.0. The average molecular weight is 288 g/mol. The summed E-state index contributed by atoms with van der Waals surface area (Å²) in [5.41, 5.74) is 0.919. The van der Waals surface area contributed by atoms with Gasteiger partial charge >= 0.3 is 6.18 Å². The molecular weight excluding hydrogens is 275 g/mol. The van der Waals surface area contributed by atoms with Gasteiger partial charge in [-0.15, -0.1) is 11.3 Å². The van der Waals surface area contributed by atoms with Gasteiger partial charge in [0.2, 0.25) is 0 Å². The lowest BCUT2D eigenvalue weighted by atomic mass is 10.2. The number of likely N-dealkylation sites (N-methyl/N-ethyl adjacent to an activating group) is 1. The molecule has 0 saturated heterocycles. The van der Waals surface area contributed by atoms with Crippen LogP contribution in [0.4, 0.5) is 13.2 Å². The van der Waals surface area contributed by atoms with Gasteiger partial charge in [-0.05, 0) is 25.6 Å². The molecule has 0 aliphatic rings. The summed E-state index contributed by atoms with van der Waals surface area (Å²) >= 11 is 7.25. The number of nitrogens with one attached hydrogen (secondary N) is 1. The van der Waals surface area contributed by atoms with Crippen LogP contribution >= 0.6 is 22.9 Å². The van der Waals surface area contributed by atoms with Crippen LogP contribution in [0.1, 0.15) is 16.5 Å². The molecule has 1 N–H and O–H groups in total. The van der Waals surface area contributed by atoms with Crippen LogP contribution < -0.4 is 5.32 Å². The highest BCUT2D eigenvalue weighted by Gasteiger charge is 2.28. The maximum atomic E-state index is 11.9. The van der Waals surface area contributed by atoms with Gasteiger partial charge in [-0.1, -0.05) is 11.6 Å². The molecule has 1 heterocycles. The highest BCUT2D eigenvalue weighted by atomic mass is 35.5. The van der Waals surface area contributed by atoms with Gasteiger partial charge in [-0.3, -0.25) is 0 Å². The van der Waals surface area contributed by atoms with E-state index in [1.165, 1.54) is 11.3 Å². The second kappa shape index (κ2) is 6.04. The van der Waals surface area contributed by atoms with E-state index in [-0.39, 0.29) is 12.6 Å². The van der Waals surface area contributed by atoms with Crippen LogP contribution in [0.15, 0.2) is 6.07 Å². The predicted octanol–water partition coefficient (Wildman–Crippen LogP) is 3.55. The summed E-state index contributed by atoms with van der Waals surface area (Å²) in [6, 6.07) is 1.58. The summed E-state index contributed by atoms with van der Waals surface area (Å²) in [6.45, 7) is 0.585. The first kappa shape index (κ1) is 14.8. The van der Waals surface area contributed by atoms with Crippen molar-refractivity contribution in [2.24, 2.45) is 0 Å². The zero-order valence-electron chi connectivity index (χ0n) is 9.40. The lowest BCUT2D eigenvalue weighted by Crippen LogP contribution is -2.25. The van der Waals surface area contributed by atoms with E-state index in [0.717, 1.165) is 10.4 Å². The number of aryl methyl sites for hydroxylation is 1. The van der Waals surface area contributed by atoms with Crippen LogP contribution in [0.25, 0.3) is 0 Å². The van der Waals surface area contributed by atoms with Gasteiger partial charge in [-0.25, -0.2) is 0 Å². The maximum absolute atomic E-state index is 11.9. The van der Waals surface area contributed by atoms with Gasteiger partial charge in [0, 0.05) is 4.88 Å². The summed E-state index contributed by atoms with van der Waals surface area (Å²) in [4.78, 5) is 0.872. The van der Waals surface area contributed by atoms with Crippen molar-refractivity contribution in [2.45, 2.75) is 19.1 Å². The van der Waals surface area contributed by atoms with E-state index in [0.29, 0.717) is 4.34 Å². The fraction of sp³-hybridized carbons (Fsp3) is 0.600. The predicted molar refractivity (Wildman–Crippen MR) is 62.7 cm³/mol. The first-order chi connectivity index (χ1) is 7.83. The van der Waals surface area contributed by atoms with E-state index in [9.17, 15) is 13.2 Å². The molecule has 0 bridgehead atoms. The summed E-state index contributed by atoms with van der Waals surface area (Å²) in [5.74, 6) is 0. The highest BCUT2D eigenvalue weighted by molar-refractivity contribution is 7.16. The summed E-state index contributed by atoms with van der Waals surface area (Å²) in [7, 11) is 1.67. The molecule has 1 aromatic heterocycles. The molecule has 7 heteroatoms. The Hall–Kier alpha value is -0.300. The molecule has 0 aliphatic carbocycles. The van der Waals surface area contributed by atoms with Crippen molar-refractivity contribution in [1.82, 2.24) is 5.32 Å². The smallest absolute Gasteiger partial charge is 0.370 e. The number of halogens is 4. The van der Waals surface area contributed by atoms with E-state index in [1.54, 1.807) is 7.05 Å². The number of hydrogen-bond acceptors (Lipinski definition) is 3. The molecule has 1 rings (SSSR count). The quantitative estimate of drug-likeness (QED) is 0.894. The zero-order chi connectivity index (χ0) is 13.1. The molecule has 0 radical (unpaired) electrons. The monoisotopic (exact) mass is 287 g/mol. The Labute approximate surface area is 107 Å². The molecule has 1 unspecified atom stereocenters. The normalized spacial score (nSPS) is 14.0. The van der Waals surface area contributed by atoms with Crippen LogP contribution in [-0.4, -0.2) is 26.4 Å². The van der Waals surface area contributed by atoms with Crippen LogP contribution in [-0.2, 0) is 4.74 Å². The minimum absolute atomic E-state index is 0.0354. The van der Waals surface area contributed by atoms with E-state index < -0.39 is 12.8 Å². The van der Waals surface area contributed by atoms with Crippen molar-refractivity contribution < 1.29 is 17.9 Å². The molecule has 0 fully saturated rings. The van der Waals surface area contributed by atoms with Gasteiger partial charge in [0.1, 0.15) is 6.61 Å². The summed E-state index contributed by atoms with van der Waals surface area (Å²) in [5, 5.41) is 2.90. The lowest BCUT2D eigenvalue weighted by molar-refractivity contribution is -0.175. The third-order valence-corrected chi connectivity index (χ3v) is 3.79. The molecule has 0 aromatic carbocycles. The van der Waals surface area contributed by atoms with E-state index in [2.05, 4.69) is 10.1 Å². The lowest BCUT2D eigenvalue weighted by Gasteiger charge is -2.15. The molecule has 0 spiro atoms. The second-order valence-electron chi connectivity index (χ2n) is 3.58. The molecule has 1 aromatic rings. The maximum Gasteiger partial charge on any atom is 0.411 e. The molecule has 0 aliphatic heterocycles. The van der Waals surface area contributed by atoms with Crippen molar-refractivity contribution in [2.75, 3.05) is 20.3 Å². The first-order valence-electron chi connectivity index (χ1n) is 4.91. The van der Waals surface area contributed by atoms with E-state index >= 15 is 0 Å². The Morgan fingerprint density at radius 2 is 2.18 bits per heavy atom. The largest absolute Gasteiger partial charge is 0.411 e. The SMILES string of the molecule is CNC(COCC(F)(F)F)c1cc(C)c(Cl)s1. The molecule has 17 heavy (non-hydrogen) atoms. The van der Waals surface area contributed by atoms with Crippen LogP contribution in [0, 0.1) is 6.92 Å². The van der Waals surface area contributed by atoms with Gasteiger partial charge in [0.15, 0.2) is 0 Å². The fourth-order valence-corrected chi connectivity index (χ4v) is 2.57. The van der Waals surface area contributed by atoms with Gasteiger partial charge in [0.05, 0.1) is 17.0 Å². The van der Waals surface area contributed by atoms with Gasteiger partial charge in [-0.2, -0.15) is 13.2 Å². The number of hydrogen-bond donors (Lipinski definition) is 1. The topological polar surface area (TPSA) is 21.3 Å². The first-order valence-corrected chi connectivity index (χ1v) is 6.10. The van der Waals surface area contributed by atoms with Crippen LogP contribution in [0.3, 0.4) is 0 Å². The summed E-state index contributed by atoms with van der Waals surface area (Å²) in [6.07, 6.45) is -4.29. The van der Waals surface area contributed by atoms with Crippen molar-refractivity contribution in [3.05, 3.63) is 20.8 Å². The van der Waals surface area contributed by atoms with Crippen molar-refractivity contribution in [3.63, 3.8) is 0 Å². The Bertz CT molecular complexity index is 347.